The maximum Gasteiger partial charge on any atom is 0.243 e. The molecule has 162 valence electrons. The predicted octanol–water partition coefficient (Wildman–Crippen LogP) is 5.76. The van der Waals surface area contributed by atoms with Crippen LogP contribution in [0.15, 0.2) is 82.8 Å². The second kappa shape index (κ2) is 9.97. The molecule has 1 aromatic heterocycles. The van der Waals surface area contributed by atoms with Gasteiger partial charge in [0.05, 0.1) is 18.7 Å². The van der Waals surface area contributed by atoms with E-state index in [0.717, 1.165) is 10.5 Å². The first-order valence-electron chi connectivity index (χ1n) is 9.93. The zero-order chi connectivity index (χ0) is 22.5. The molecule has 0 spiro atoms. The molecule has 0 fully saturated rings. The lowest BCUT2D eigenvalue weighted by molar-refractivity contribution is -0.115. The fourth-order valence-electron chi connectivity index (χ4n) is 3.13. The first kappa shape index (κ1) is 22.0. The SMILES string of the molecule is Cc1ccc(Cn2nc(Cl)nc2Sc2ccccc2NC(=O)Cc2cccc(F)c2)cc1. The van der Waals surface area contributed by atoms with E-state index >= 15 is 0 Å². The van der Waals surface area contributed by atoms with Crippen molar-refractivity contribution in [1.29, 1.82) is 0 Å². The zero-order valence-electron chi connectivity index (χ0n) is 17.3. The van der Waals surface area contributed by atoms with Crippen molar-refractivity contribution in [2.45, 2.75) is 29.9 Å². The van der Waals surface area contributed by atoms with Crippen LogP contribution in [-0.2, 0) is 17.8 Å². The molecule has 1 N–H and O–H groups in total. The number of amides is 1. The molecule has 32 heavy (non-hydrogen) atoms. The average molecular weight is 467 g/mol. The zero-order valence-corrected chi connectivity index (χ0v) is 18.8. The summed E-state index contributed by atoms with van der Waals surface area (Å²) < 4.78 is 15.1. The van der Waals surface area contributed by atoms with Crippen LogP contribution in [0.2, 0.25) is 5.28 Å². The molecule has 0 saturated carbocycles. The summed E-state index contributed by atoms with van der Waals surface area (Å²) in [5.41, 5.74) is 3.51. The first-order chi connectivity index (χ1) is 15.5. The molecule has 1 heterocycles. The molecule has 0 saturated heterocycles. The minimum absolute atomic E-state index is 0.0756. The maximum atomic E-state index is 13.4. The van der Waals surface area contributed by atoms with Gasteiger partial charge in [-0.2, -0.15) is 4.98 Å². The van der Waals surface area contributed by atoms with Crippen molar-refractivity contribution in [1.82, 2.24) is 14.8 Å². The number of rotatable bonds is 7. The van der Waals surface area contributed by atoms with E-state index in [1.165, 1.54) is 29.5 Å². The smallest absolute Gasteiger partial charge is 0.243 e. The number of para-hydroxylation sites is 1. The number of carbonyl (C=O) groups excluding carboxylic acids is 1. The lowest BCUT2D eigenvalue weighted by atomic mass is 10.1. The van der Waals surface area contributed by atoms with Crippen LogP contribution in [0.4, 0.5) is 10.1 Å². The Balaban J connectivity index is 1.51. The van der Waals surface area contributed by atoms with Crippen LogP contribution in [0.1, 0.15) is 16.7 Å². The minimum Gasteiger partial charge on any atom is -0.325 e. The van der Waals surface area contributed by atoms with E-state index in [-0.39, 0.29) is 23.4 Å². The van der Waals surface area contributed by atoms with Crippen LogP contribution >= 0.6 is 23.4 Å². The van der Waals surface area contributed by atoms with Crippen molar-refractivity contribution in [2.24, 2.45) is 0 Å². The second-order valence-corrected chi connectivity index (χ2v) is 8.61. The highest BCUT2D eigenvalue weighted by Gasteiger charge is 2.15. The molecule has 5 nitrogen and oxygen atoms in total. The van der Waals surface area contributed by atoms with Gasteiger partial charge in [0, 0.05) is 4.90 Å². The molecule has 1 amide bonds. The summed E-state index contributed by atoms with van der Waals surface area (Å²) in [6, 6.07) is 21.6. The Morgan fingerprint density at radius 3 is 2.62 bits per heavy atom. The van der Waals surface area contributed by atoms with E-state index < -0.39 is 0 Å². The fourth-order valence-corrected chi connectivity index (χ4v) is 4.27. The van der Waals surface area contributed by atoms with Gasteiger partial charge in [0.1, 0.15) is 5.82 Å². The number of hydrogen-bond acceptors (Lipinski definition) is 4. The molecule has 4 rings (SSSR count). The second-order valence-electron chi connectivity index (χ2n) is 7.26. The molecule has 0 aliphatic heterocycles. The van der Waals surface area contributed by atoms with Crippen molar-refractivity contribution in [2.75, 3.05) is 5.32 Å². The molecule has 4 aromatic rings. The summed E-state index contributed by atoms with van der Waals surface area (Å²) in [6.07, 6.45) is 0.0756. The summed E-state index contributed by atoms with van der Waals surface area (Å²) in [5, 5.41) is 7.99. The lowest BCUT2D eigenvalue weighted by Gasteiger charge is -2.11. The van der Waals surface area contributed by atoms with Crippen molar-refractivity contribution in [3.05, 3.63) is 101 Å². The monoisotopic (exact) mass is 466 g/mol. The number of anilines is 1. The number of halogens is 2. The van der Waals surface area contributed by atoms with Crippen LogP contribution in [0.5, 0.6) is 0 Å². The van der Waals surface area contributed by atoms with E-state index in [1.807, 2.05) is 55.5 Å². The molecule has 8 heteroatoms. The number of nitrogens with one attached hydrogen (secondary N) is 1. The minimum atomic E-state index is -0.365. The standard InChI is InChI=1S/C24H20ClFN4OS/c1-16-9-11-17(12-10-16)15-30-24(28-23(25)29-30)32-21-8-3-2-7-20(21)27-22(31)14-18-5-4-6-19(26)13-18/h2-13H,14-15H2,1H3,(H,27,31). The lowest BCUT2D eigenvalue weighted by Crippen LogP contribution is -2.15. The summed E-state index contributed by atoms with van der Waals surface area (Å²) in [6.45, 7) is 2.56. The number of hydrogen-bond donors (Lipinski definition) is 1. The average Bonchev–Trinajstić information content (AvgIpc) is 3.09. The Morgan fingerprint density at radius 2 is 1.84 bits per heavy atom. The van der Waals surface area contributed by atoms with Gasteiger partial charge in [-0.15, -0.1) is 5.10 Å². The summed E-state index contributed by atoms with van der Waals surface area (Å²) in [5.74, 6) is -0.598. The Bertz CT molecular complexity index is 1240. The molecule has 0 unspecified atom stereocenters. The predicted molar refractivity (Wildman–Crippen MR) is 125 cm³/mol. The van der Waals surface area contributed by atoms with Gasteiger partial charge in [-0.05, 0) is 65.7 Å². The number of carbonyl (C=O) groups is 1. The summed E-state index contributed by atoms with van der Waals surface area (Å²) in [4.78, 5) is 17.7. The topological polar surface area (TPSA) is 59.8 Å². The van der Waals surface area contributed by atoms with Gasteiger partial charge in [-0.25, -0.2) is 9.07 Å². The van der Waals surface area contributed by atoms with E-state index in [2.05, 4.69) is 15.4 Å². The van der Waals surface area contributed by atoms with Crippen LogP contribution < -0.4 is 5.32 Å². The van der Waals surface area contributed by atoms with Gasteiger partial charge in [-0.1, -0.05) is 54.1 Å². The van der Waals surface area contributed by atoms with Crippen LogP contribution in [0.25, 0.3) is 0 Å². The fraction of sp³-hybridized carbons (Fsp3) is 0.125. The Morgan fingerprint density at radius 1 is 1.06 bits per heavy atom. The van der Waals surface area contributed by atoms with Gasteiger partial charge < -0.3 is 5.32 Å². The molecule has 0 aliphatic rings. The Labute approximate surface area is 194 Å². The van der Waals surface area contributed by atoms with Crippen molar-refractivity contribution in [3.63, 3.8) is 0 Å². The third-order valence-corrected chi connectivity index (χ3v) is 5.90. The van der Waals surface area contributed by atoms with Gasteiger partial charge >= 0.3 is 0 Å². The van der Waals surface area contributed by atoms with Gasteiger partial charge in [0.2, 0.25) is 11.2 Å². The third kappa shape index (κ3) is 5.75. The third-order valence-electron chi connectivity index (χ3n) is 4.68. The largest absolute Gasteiger partial charge is 0.325 e. The Hall–Kier alpha value is -3.16. The molecular formula is C24H20ClFN4OS. The molecule has 0 aliphatic carbocycles. The van der Waals surface area contributed by atoms with Crippen LogP contribution in [-0.4, -0.2) is 20.7 Å². The number of aryl methyl sites for hydroxylation is 1. The first-order valence-corrected chi connectivity index (χ1v) is 11.1. The number of aromatic nitrogens is 3. The van der Waals surface area contributed by atoms with E-state index in [0.29, 0.717) is 23.0 Å². The molecule has 0 atom stereocenters. The highest BCUT2D eigenvalue weighted by molar-refractivity contribution is 7.99. The van der Waals surface area contributed by atoms with Crippen molar-refractivity contribution >= 4 is 35.0 Å². The normalized spacial score (nSPS) is 10.8. The highest BCUT2D eigenvalue weighted by atomic mass is 35.5. The van der Waals surface area contributed by atoms with Gasteiger partial charge in [-0.3, -0.25) is 4.79 Å². The van der Waals surface area contributed by atoms with Crippen molar-refractivity contribution in [3.8, 4) is 0 Å². The van der Waals surface area contributed by atoms with E-state index in [1.54, 1.807) is 16.8 Å². The summed E-state index contributed by atoms with van der Waals surface area (Å²) in [7, 11) is 0. The van der Waals surface area contributed by atoms with Crippen molar-refractivity contribution < 1.29 is 9.18 Å². The molecule has 0 bridgehead atoms. The number of nitrogens with zero attached hydrogens (tertiary/aromatic N) is 3. The quantitative estimate of drug-likeness (QED) is 0.376. The highest BCUT2D eigenvalue weighted by Crippen LogP contribution is 2.33. The van der Waals surface area contributed by atoms with E-state index in [4.69, 9.17) is 11.6 Å². The Kier molecular flexibility index (Phi) is 6.87. The molecule has 3 aromatic carbocycles. The number of benzene rings is 3. The van der Waals surface area contributed by atoms with E-state index in [9.17, 15) is 9.18 Å². The summed E-state index contributed by atoms with van der Waals surface area (Å²) >= 11 is 7.46. The molecular weight excluding hydrogens is 447 g/mol. The molecule has 0 radical (unpaired) electrons. The van der Waals surface area contributed by atoms with Crippen LogP contribution in [0.3, 0.4) is 0 Å². The van der Waals surface area contributed by atoms with Gasteiger partial charge in [0.25, 0.3) is 0 Å². The van der Waals surface area contributed by atoms with Gasteiger partial charge in [0.15, 0.2) is 5.16 Å². The maximum absolute atomic E-state index is 13.4. The van der Waals surface area contributed by atoms with Crippen LogP contribution in [0, 0.1) is 12.7 Å².